The predicted octanol–water partition coefficient (Wildman–Crippen LogP) is 2.62. The number of nitrogens with zero attached hydrogens (tertiary/aromatic N) is 4. The van der Waals surface area contributed by atoms with Gasteiger partial charge in [-0.3, -0.25) is 14.8 Å². The molecule has 1 unspecified atom stereocenters. The van der Waals surface area contributed by atoms with Crippen molar-refractivity contribution < 1.29 is 0 Å². The SMILES string of the molecule is CN(C)c1cccc(CN(C)C2CCc3[nH]n(-c4ccccn4)c(=O)c3C2)c1. The number of aromatic nitrogens is 3. The van der Waals surface area contributed by atoms with Crippen molar-refractivity contribution in [3.63, 3.8) is 0 Å². The van der Waals surface area contributed by atoms with Crippen LogP contribution in [0.15, 0.2) is 53.5 Å². The van der Waals surface area contributed by atoms with E-state index in [1.807, 2.05) is 18.2 Å². The molecule has 3 aromatic rings. The van der Waals surface area contributed by atoms with Crippen LogP contribution in [0, 0.1) is 0 Å². The molecule has 28 heavy (non-hydrogen) atoms. The molecule has 0 saturated heterocycles. The summed E-state index contributed by atoms with van der Waals surface area (Å²) in [5.74, 6) is 0.646. The summed E-state index contributed by atoms with van der Waals surface area (Å²) in [6.45, 7) is 0.876. The molecule has 0 aliphatic heterocycles. The first kappa shape index (κ1) is 18.5. The fourth-order valence-corrected chi connectivity index (χ4v) is 3.96. The average molecular weight is 377 g/mol. The Hall–Kier alpha value is -2.86. The summed E-state index contributed by atoms with van der Waals surface area (Å²) in [5.41, 5.74) is 4.48. The van der Waals surface area contributed by atoms with Crippen LogP contribution >= 0.6 is 0 Å². The fourth-order valence-electron chi connectivity index (χ4n) is 3.96. The summed E-state index contributed by atoms with van der Waals surface area (Å²) >= 11 is 0. The molecular formula is C22H27N5O. The van der Waals surface area contributed by atoms with E-state index < -0.39 is 0 Å². The summed E-state index contributed by atoms with van der Waals surface area (Å²) < 4.78 is 1.58. The lowest BCUT2D eigenvalue weighted by atomic mass is 9.92. The van der Waals surface area contributed by atoms with Gasteiger partial charge in [0.05, 0.1) is 0 Å². The van der Waals surface area contributed by atoms with Crippen LogP contribution in [0.1, 0.15) is 23.2 Å². The lowest BCUT2D eigenvalue weighted by Crippen LogP contribution is -2.37. The minimum absolute atomic E-state index is 0.0291. The molecule has 1 aromatic carbocycles. The Morgan fingerprint density at radius 2 is 2.04 bits per heavy atom. The summed E-state index contributed by atoms with van der Waals surface area (Å²) in [4.78, 5) is 21.7. The molecule has 0 saturated carbocycles. The summed E-state index contributed by atoms with van der Waals surface area (Å²) in [6, 6.07) is 14.6. The number of fused-ring (bicyclic) bond motifs is 1. The van der Waals surface area contributed by atoms with Gasteiger partial charge in [0.15, 0.2) is 5.82 Å². The highest BCUT2D eigenvalue weighted by molar-refractivity contribution is 5.47. The lowest BCUT2D eigenvalue weighted by molar-refractivity contribution is 0.213. The largest absolute Gasteiger partial charge is 0.378 e. The molecule has 1 aliphatic carbocycles. The number of hydrogen-bond donors (Lipinski definition) is 1. The average Bonchev–Trinajstić information content (AvgIpc) is 3.05. The highest BCUT2D eigenvalue weighted by Gasteiger charge is 2.27. The van der Waals surface area contributed by atoms with Gasteiger partial charge in [0.25, 0.3) is 5.56 Å². The first-order chi connectivity index (χ1) is 13.5. The van der Waals surface area contributed by atoms with Gasteiger partial charge in [0.1, 0.15) is 0 Å². The Bertz CT molecular complexity index is 1010. The van der Waals surface area contributed by atoms with Crippen molar-refractivity contribution in [3.8, 4) is 5.82 Å². The van der Waals surface area contributed by atoms with E-state index in [1.54, 1.807) is 10.9 Å². The smallest absolute Gasteiger partial charge is 0.276 e. The van der Waals surface area contributed by atoms with Gasteiger partial charge in [-0.2, -0.15) is 0 Å². The van der Waals surface area contributed by atoms with Gasteiger partial charge in [-0.15, -0.1) is 0 Å². The van der Waals surface area contributed by atoms with Crippen LogP contribution in [0.5, 0.6) is 0 Å². The Morgan fingerprint density at radius 3 is 2.79 bits per heavy atom. The van der Waals surface area contributed by atoms with E-state index in [1.165, 1.54) is 11.3 Å². The molecule has 6 nitrogen and oxygen atoms in total. The molecule has 0 radical (unpaired) electrons. The topological polar surface area (TPSA) is 57.2 Å². The number of hydrogen-bond acceptors (Lipinski definition) is 4. The van der Waals surface area contributed by atoms with Gasteiger partial charge in [0.2, 0.25) is 0 Å². The van der Waals surface area contributed by atoms with Crippen LogP contribution in [0.2, 0.25) is 0 Å². The minimum atomic E-state index is 0.0291. The number of anilines is 1. The highest BCUT2D eigenvalue weighted by Crippen LogP contribution is 2.23. The Kier molecular flexibility index (Phi) is 5.05. The molecule has 0 bridgehead atoms. The van der Waals surface area contributed by atoms with Crippen molar-refractivity contribution in [2.45, 2.75) is 31.8 Å². The quantitative estimate of drug-likeness (QED) is 0.743. The fraction of sp³-hybridized carbons (Fsp3) is 0.364. The summed E-state index contributed by atoms with van der Waals surface area (Å²) in [6.07, 6.45) is 4.41. The van der Waals surface area contributed by atoms with Crippen molar-refractivity contribution in [1.29, 1.82) is 0 Å². The number of pyridine rings is 1. The molecule has 146 valence electrons. The number of H-pyrrole nitrogens is 1. The van der Waals surface area contributed by atoms with Crippen LogP contribution in [0.3, 0.4) is 0 Å². The van der Waals surface area contributed by atoms with E-state index in [4.69, 9.17) is 0 Å². The maximum absolute atomic E-state index is 12.9. The standard InChI is InChI=1S/C22H27N5O/c1-25(2)17-8-6-7-16(13-17)15-26(3)18-10-11-20-19(14-18)22(28)27(24-20)21-9-4-5-12-23-21/h4-9,12-13,18,24H,10-11,14-15H2,1-3H3. The zero-order chi connectivity index (χ0) is 19.7. The van der Waals surface area contributed by atoms with Gasteiger partial charge in [-0.05, 0) is 56.1 Å². The van der Waals surface area contributed by atoms with Crippen LogP contribution in [0.25, 0.3) is 5.82 Å². The molecule has 0 amide bonds. The second-order valence-corrected chi connectivity index (χ2v) is 7.77. The van der Waals surface area contributed by atoms with Gasteiger partial charge < -0.3 is 4.90 Å². The van der Waals surface area contributed by atoms with Gasteiger partial charge in [-0.25, -0.2) is 9.67 Å². The predicted molar refractivity (Wildman–Crippen MR) is 112 cm³/mol. The molecule has 2 heterocycles. The molecule has 1 N–H and O–H groups in total. The number of benzene rings is 1. The maximum Gasteiger partial charge on any atom is 0.276 e. The highest BCUT2D eigenvalue weighted by atomic mass is 16.1. The first-order valence-electron chi connectivity index (χ1n) is 9.73. The van der Waals surface area contributed by atoms with E-state index in [0.717, 1.165) is 37.1 Å². The summed E-state index contributed by atoms with van der Waals surface area (Å²) in [5, 5.41) is 3.26. The van der Waals surface area contributed by atoms with Crippen molar-refractivity contribution in [3.05, 3.63) is 75.8 Å². The number of aryl methyl sites for hydroxylation is 1. The Balaban J connectivity index is 1.52. The second kappa shape index (κ2) is 7.64. The van der Waals surface area contributed by atoms with E-state index in [0.29, 0.717) is 11.9 Å². The maximum atomic E-state index is 12.9. The molecule has 4 rings (SSSR count). The minimum Gasteiger partial charge on any atom is -0.378 e. The Morgan fingerprint density at radius 1 is 1.18 bits per heavy atom. The van der Waals surface area contributed by atoms with Crippen LogP contribution < -0.4 is 10.5 Å². The normalized spacial score (nSPS) is 16.2. The summed E-state index contributed by atoms with van der Waals surface area (Å²) in [7, 11) is 6.27. The van der Waals surface area contributed by atoms with Gasteiger partial charge in [0, 0.05) is 49.8 Å². The van der Waals surface area contributed by atoms with Crippen molar-refractivity contribution in [1.82, 2.24) is 19.7 Å². The monoisotopic (exact) mass is 377 g/mol. The Labute approximate surface area is 165 Å². The molecule has 1 aliphatic rings. The van der Waals surface area contributed by atoms with Crippen LogP contribution in [0.4, 0.5) is 5.69 Å². The third kappa shape index (κ3) is 3.60. The van der Waals surface area contributed by atoms with Crippen molar-refractivity contribution >= 4 is 5.69 Å². The van der Waals surface area contributed by atoms with Crippen LogP contribution in [-0.2, 0) is 19.4 Å². The van der Waals surface area contributed by atoms with Crippen molar-refractivity contribution in [2.24, 2.45) is 0 Å². The van der Waals surface area contributed by atoms with E-state index in [2.05, 4.69) is 65.3 Å². The number of likely N-dealkylation sites (N-methyl/N-ethyl adjacent to an activating group) is 1. The molecular weight excluding hydrogens is 350 g/mol. The molecule has 0 fully saturated rings. The zero-order valence-corrected chi connectivity index (χ0v) is 16.7. The van der Waals surface area contributed by atoms with E-state index >= 15 is 0 Å². The van der Waals surface area contributed by atoms with Crippen molar-refractivity contribution in [2.75, 3.05) is 26.0 Å². The van der Waals surface area contributed by atoms with Gasteiger partial charge >= 0.3 is 0 Å². The third-order valence-corrected chi connectivity index (χ3v) is 5.60. The lowest BCUT2D eigenvalue weighted by Gasteiger charge is -2.31. The molecule has 1 atom stereocenters. The van der Waals surface area contributed by atoms with E-state index in [-0.39, 0.29) is 5.56 Å². The zero-order valence-electron chi connectivity index (χ0n) is 16.7. The van der Waals surface area contributed by atoms with E-state index in [9.17, 15) is 4.79 Å². The number of aromatic amines is 1. The number of rotatable bonds is 5. The van der Waals surface area contributed by atoms with Gasteiger partial charge in [-0.1, -0.05) is 18.2 Å². The number of nitrogens with one attached hydrogen (secondary N) is 1. The second-order valence-electron chi connectivity index (χ2n) is 7.77. The molecule has 6 heteroatoms. The third-order valence-electron chi connectivity index (χ3n) is 5.60. The molecule has 2 aromatic heterocycles. The first-order valence-corrected chi connectivity index (χ1v) is 9.73. The molecule has 0 spiro atoms. The van der Waals surface area contributed by atoms with Crippen LogP contribution in [-0.4, -0.2) is 46.8 Å².